The van der Waals surface area contributed by atoms with Crippen LogP contribution in [-0.4, -0.2) is 16.9 Å². The van der Waals surface area contributed by atoms with Crippen molar-refractivity contribution in [3.8, 4) is 0 Å². The van der Waals surface area contributed by atoms with Gasteiger partial charge in [-0.1, -0.05) is 26.7 Å². The van der Waals surface area contributed by atoms with Crippen molar-refractivity contribution < 1.29 is 4.79 Å². The minimum Gasteiger partial charge on any atom is -0.397 e. The third kappa shape index (κ3) is 3.30. The molecule has 0 bridgehead atoms. The number of pyridine rings is 1. The summed E-state index contributed by atoms with van der Waals surface area (Å²) >= 11 is 0. The van der Waals surface area contributed by atoms with Crippen molar-refractivity contribution in [1.82, 2.24) is 10.3 Å². The summed E-state index contributed by atoms with van der Waals surface area (Å²) in [5.41, 5.74) is 7.59. The highest BCUT2D eigenvalue weighted by Gasteiger charge is 2.29. The fraction of sp³-hybridized carbons (Fsp3) is 0.625. The summed E-state index contributed by atoms with van der Waals surface area (Å²) in [6.45, 7) is 6.32. The van der Waals surface area contributed by atoms with Gasteiger partial charge in [0.2, 0.25) is 0 Å². The van der Waals surface area contributed by atoms with Crippen LogP contribution in [0.15, 0.2) is 12.3 Å². The van der Waals surface area contributed by atoms with Gasteiger partial charge in [-0.05, 0) is 37.7 Å². The van der Waals surface area contributed by atoms with Crippen molar-refractivity contribution in [2.24, 2.45) is 11.8 Å². The minimum absolute atomic E-state index is 0.0418. The zero-order chi connectivity index (χ0) is 14.7. The molecule has 0 aliphatic heterocycles. The maximum atomic E-state index is 12.4. The summed E-state index contributed by atoms with van der Waals surface area (Å²) in [5, 5.41) is 3.20. The first-order valence-electron chi connectivity index (χ1n) is 7.52. The highest BCUT2D eigenvalue weighted by Crippen LogP contribution is 2.30. The Morgan fingerprint density at radius 1 is 1.40 bits per heavy atom. The number of aromatic nitrogens is 1. The second-order valence-electron chi connectivity index (χ2n) is 6.17. The van der Waals surface area contributed by atoms with Crippen LogP contribution in [0.5, 0.6) is 0 Å². The molecule has 1 fully saturated rings. The molecule has 20 heavy (non-hydrogen) atoms. The molecule has 0 saturated heterocycles. The maximum Gasteiger partial charge on any atom is 0.253 e. The van der Waals surface area contributed by atoms with E-state index in [1.54, 1.807) is 12.3 Å². The van der Waals surface area contributed by atoms with E-state index in [4.69, 9.17) is 5.73 Å². The van der Waals surface area contributed by atoms with Gasteiger partial charge in [0.05, 0.1) is 23.1 Å². The molecule has 110 valence electrons. The molecular formula is C16H25N3O. The van der Waals surface area contributed by atoms with E-state index in [2.05, 4.69) is 24.1 Å². The molecule has 1 aliphatic carbocycles. The average molecular weight is 275 g/mol. The first kappa shape index (κ1) is 14.8. The van der Waals surface area contributed by atoms with Crippen molar-refractivity contribution in [1.29, 1.82) is 0 Å². The summed E-state index contributed by atoms with van der Waals surface area (Å²) in [5.74, 6) is 1.13. The SMILES string of the molecule is Cc1ncc(N)cc1C(=O)NC1CCCCC1C(C)C. The van der Waals surface area contributed by atoms with Crippen LogP contribution < -0.4 is 11.1 Å². The number of carbonyl (C=O) groups excluding carboxylic acids is 1. The molecule has 4 heteroatoms. The van der Waals surface area contributed by atoms with E-state index in [1.165, 1.54) is 19.3 Å². The van der Waals surface area contributed by atoms with Gasteiger partial charge in [0.15, 0.2) is 0 Å². The van der Waals surface area contributed by atoms with Crippen molar-refractivity contribution >= 4 is 11.6 Å². The van der Waals surface area contributed by atoms with Crippen LogP contribution >= 0.6 is 0 Å². The second-order valence-corrected chi connectivity index (χ2v) is 6.17. The number of nitrogens with two attached hydrogens (primary N) is 1. The van der Waals surface area contributed by atoms with E-state index in [0.717, 1.165) is 12.1 Å². The summed E-state index contributed by atoms with van der Waals surface area (Å²) < 4.78 is 0. The van der Waals surface area contributed by atoms with Gasteiger partial charge in [-0.3, -0.25) is 9.78 Å². The predicted molar refractivity (Wildman–Crippen MR) is 81.4 cm³/mol. The Morgan fingerprint density at radius 2 is 2.10 bits per heavy atom. The summed E-state index contributed by atoms with van der Waals surface area (Å²) in [6.07, 6.45) is 6.33. The zero-order valence-corrected chi connectivity index (χ0v) is 12.6. The van der Waals surface area contributed by atoms with Gasteiger partial charge < -0.3 is 11.1 Å². The number of hydrogen-bond acceptors (Lipinski definition) is 3. The molecule has 0 aromatic carbocycles. The highest BCUT2D eigenvalue weighted by atomic mass is 16.1. The predicted octanol–water partition coefficient (Wildman–Crippen LogP) is 2.92. The molecule has 1 aliphatic rings. The Labute approximate surface area is 121 Å². The quantitative estimate of drug-likeness (QED) is 0.891. The molecule has 4 nitrogen and oxygen atoms in total. The van der Waals surface area contributed by atoms with Crippen molar-refractivity contribution in [2.75, 3.05) is 5.73 Å². The van der Waals surface area contributed by atoms with Gasteiger partial charge in [-0.2, -0.15) is 0 Å². The lowest BCUT2D eigenvalue weighted by molar-refractivity contribution is 0.0888. The minimum atomic E-state index is -0.0418. The number of nitrogens with zero attached hydrogens (tertiary/aromatic N) is 1. The largest absolute Gasteiger partial charge is 0.397 e. The van der Waals surface area contributed by atoms with E-state index < -0.39 is 0 Å². The van der Waals surface area contributed by atoms with Crippen molar-refractivity contribution in [2.45, 2.75) is 52.5 Å². The Kier molecular flexibility index (Phi) is 4.63. The lowest BCUT2D eigenvalue weighted by Gasteiger charge is -2.35. The van der Waals surface area contributed by atoms with Crippen LogP contribution in [0.25, 0.3) is 0 Å². The molecule has 1 saturated carbocycles. The Hall–Kier alpha value is -1.58. The number of carbonyl (C=O) groups is 1. The van der Waals surface area contributed by atoms with E-state index >= 15 is 0 Å². The molecule has 1 heterocycles. The van der Waals surface area contributed by atoms with Crippen LogP contribution in [0.2, 0.25) is 0 Å². The maximum absolute atomic E-state index is 12.4. The van der Waals surface area contributed by atoms with E-state index in [0.29, 0.717) is 23.1 Å². The van der Waals surface area contributed by atoms with Gasteiger partial charge in [-0.25, -0.2) is 0 Å². The molecule has 2 rings (SSSR count). The number of aryl methyl sites for hydroxylation is 1. The van der Waals surface area contributed by atoms with E-state index in [9.17, 15) is 4.79 Å². The first-order valence-corrected chi connectivity index (χ1v) is 7.52. The number of amides is 1. The van der Waals surface area contributed by atoms with E-state index in [-0.39, 0.29) is 11.9 Å². The second kappa shape index (κ2) is 6.25. The molecule has 2 unspecified atom stereocenters. The van der Waals surface area contributed by atoms with E-state index in [1.807, 2.05) is 6.92 Å². The summed E-state index contributed by atoms with van der Waals surface area (Å²) in [4.78, 5) is 16.6. The van der Waals surface area contributed by atoms with Crippen molar-refractivity contribution in [3.05, 3.63) is 23.5 Å². The highest BCUT2D eigenvalue weighted by molar-refractivity contribution is 5.96. The summed E-state index contributed by atoms with van der Waals surface area (Å²) in [6, 6.07) is 1.99. The molecule has 0 radical (unpaired) electrons. The molecule has 1 aromatic rings. The third-order valence-electron chi connectivity index (χ3n) is 4.34. The molecule has 3 N–H and O–H groups in total. The first-order chi connectivity index (χ1) is 9.49. The van der Waals surface area contributed by atoms with Gasteiger partial charge in [-0.15, -0.1) is 0 Å². The van der Waals surface area contributed by atoms with Gasteiger partial charge in [0.1, 0.15) is 0 Å². The van der Waals surface area contributed by atoms with Gasteiger partial charge in [0, 0.05) is 6.04 Å². The van der Waals surface area contributed by atoms with Crippen LogP contribution in [0.4, 0.5) is 5.69 Å². The average Bonchev–Trinajstić information content (AvgIpc) is 2.41. The smallest absolute Gasteiger partial charge is 0.253 e. The Morgan fingerprint density at radius 3 is 2.80 bits per heavy atom. The van der Waals surface area contributed by atoms with Gasteiger partial charge in [0.25, 0.3) is 5.91 Å². The molecule has 0 spiro atoms. The summed E-state index contributed by atoms with van der Waals surface area (Å²) in [7, 11) is 0. The topological polar surface area (TPSA) is 68.0 Å². The number of hydrogen-bond donors (Lipinski definition) is 2. The lowest BCUT2D eigenvalue weighted by atomic mass is 9.78. The molecule has 2 atom stereocenters. The number of nitrogen functional groups attached to an aromatic ring is 1. The van der Waals surface area contributed by atoms with Crippen molar-refractivity contribution in [3.63, 3.8) is 0 Å². The lowest BCUT2D eigenvalue weighted by Crippen LogP contribution is -2.44. The third-order valence-corrected chi connectivity index (χ3v) is 4.34. The molecular weight excluding hydrogens is 250 g/mol. The number of nitrogens with one attached hydrogen (secondary N) is 1. The Balaban J connectivity index is 2.11. The molecule has 1 aromatic heterocycles. The normalized spacial score (nSPS) is 22.8. The standard InChI is InChI=1S/C16H25N3O/c1-10(2)13-6-4-5-7-15(13)19-16(20)14-8-12(17)9-18-11(14)3/h8-10,13,15H,4-7,17H2,1-3H3,(H,19,20). The zero-order valence-electron chi connectivity index (χ0n) is 12.6. The van der Waals surface area contributed by atoms with Gasteiger partial charge >= 0.3 is 0 Å². The molecule has 1 amide bonds. The van der Waals surface area contributed by atoms with Crippen LogP contribution in [0.1, 0.15) is 55.6 Å². The van der Waals surface area contributed by atoms with Crippen LogP contribution in [-0.2, 0) is 0 Å². The van der Waals surface area contributed by atoms with Crippen LogP contribution in [0, 0.1) is 18.8 Å². The number of anilines is 1. The number of rotatable bonds is 3. The monoisotopic (exact) mass is 275 g/mol. The Bertz CT molecular complexity index is 485. The fourth-order valence-electron chi connectivity index (χ4n) is 3.16. The fourth-order valence-corrected chi connectivity index (χ4v) is 3.16. The van der Waals surface area contributed by atoms with Crippen LogP contribution in [0.3, 0.4) is 0 Å².